The molecule has 1 N–H and O–H groups in total. The number of nitrogens with one attached hydrogen (secondary N) is 1. The van der Waals surface area contributed by atoms with Crippen LogP contribution in [-0.4, -0.2) is 16.1 Å². The Morgan fingerprint density at radius 2 is 2.11 bits per heavy atom. The van der Waals surface area contributed by atoms with Crippen LogP contribution in [-0.2, 0) is 7.05 Å². The maximum absolute atomic E-state index is 4.48. The maximum Gasteiger partial charge on any atom is 0.130 e. The van der Waals surface area contributed by atoms with Gasteiger partial charge in [0.2, 0.25) is 0 Å². The van der Waals surface area contributed by atoms with Crippen molar-refractivity contribution >= 4 is 0 Å². The largest absolute Gasteiger partial charge is 0.336 e. The number of aryl methyl sites for hydroxylation is 2. The second-order valence-electron chi connectivity index (χ2n) is 4.68. The predicted octanol–water partition coefficient (Wildman–Crippen LogP) is 2.74. The van der Waals surface area contributed by atoms with E-state index in [4.69, 9.17) is 0 Å². The Labute approximate surface area is 109 Å². The second-order valence-corrected chi connectivity index (χ2v) is 4.68. The van der Waals surface area contributed by atoms with E-state index in [-0.39, 0.29) is 6.04 Å². The average Bonchev–Trinajstić information content (AvgIpc) is 2.76. The highest BCUT2D eigenvalue weighted by Gasteiger charge is 2.19. The fourth-order valence-corrected chi connectivity index (χ4v) is 2.29. The van der Waals surface area contributed by atoms with Crippen molar-refractivity contribution in [1.29, 1.82) is 0 Å². The number of hydrogen-bond acceptors (Lipinski definition) is 2. The van der Waals surface area contributed by atoms with Gasteiger partial charge in [-0.2, -0.15) is 0 Å². The summed E-state index contributed by atoms with van der Waals surface area (Å²) in [5.74, 6) is 1.06. The van der Waals surface area contributed by atoms with Gasteiger partial charge in [0.25, 0.3) is 0 Å². The molecule has 18 heavy (non-hydrogen) atoms. The zero-order valence-corrected chi connectivity index (χ0v) is 11.6. The standard InChI is InChI=1S/C15H21N3/c1-5-16-14(15-17-9-10-18(15)4)13-8-6-7-11(2)12(13)3/h6-10,14,16H,5H2,1-4H3. The van der Waals surface area contributed by atoms with Crippen molar-refractivity contribution in [1.82, 2.24) is 14.9 Å². The summed E-state index contributed by atoms with van der Waals surface area (Å²) in [4.78, 5) is 4.48. The smallest absolute Gasteiger partial charge is 0.130 e. The van der Waals surface area contributed by atoms with Crippen LogP contribution in [0, 0.1) is 13.8 Å². The van der Waals surface area contributed by atoms with Crippen LogP contribution in [0.15, 0.2) is 30.6 Å². The fourth-order valence-electron chi connectivity index (χ4n) is 2.29. The molecule has 2 aromatic rings. The number of rotatable bonds is 4. The third-order valence-corrected chi connectivity index (χ3v) is 3.48. The molecule has 0 aliphatic heterocycles. The minimum Gasteiger partial charge on any atom is -0.336 e. The summed E-state index contributed by atoms with van der Waals surface area (Å²) in [6, 6.07) is 6.62. The third kappa shape index (κ3) is 2.31. The van der Waals surface area contributed by atoms with Gasteiger partial charge in [-0.25, -0.2) is 4.98 Å². The molecule has 0 saturated carbocycles. The van der Waals surface area contributed by atoms with Crippen molar-refractivity contribution in [2.45, 2.75) is 26.8 Å². The zero-order chi connectivity index (χ0) is 13.1. The quantitative estimate of drug-likeness (QED) is 0.895. The lowest BCUT2D eigenvalue weighted by Gasteiger charge is -2.21. The van der Waals surface area contributed by atoms with Crippen LogP contribution in [0.25, 0.3) is 0 Å². The van der Waals surface area contributed by atoms with Crippen LogP contribution < -0.4 is 5.32 Å². The molecule has 96 valence electrons. The van der Waals surface area contributed by atoms with Crippen molar-refractivity contribution in [2.75, 3.05) is 6.54 Å². The summed E-state index contributed by atoms with van der Waals surface area (Å²) in [7, 11) is 2.04. The minimum atomic E-state index is 0.162. The molecule has 0 aliphatic rings. The van der Waals surface area contributed by atoms with Crippen LogP contribution in [0.3, 0.4) is 0 Å². The van der Waals surface area contributed by atoms with E-state index < -0.39 is 0 Å². The Morgan fingerprint density at radius 1 is 1.33 bits per heavy atom. The summed E-state index contributed by atoms with van der Waals surface area (Å²) in [6.45, 7) is 7.38. The molecule has 1 aromatic heterocycles. The van der Waals surface area contributed by atoms with Crippen molar-refractivity contribution in [3.63, 3.8) is 0 Å². The van der Waals surface area contributed by atoms with Gasteiger partial charge in [-0.3, -0.25) is 0 Å². The highest BCUT2D eigenvalue weighted by Crippen LogP contribution is 2.25. The van der Waals surface area contributed by atoms with E-state index in [0.29, 0.717) is 0 Å². The summed E-state index contributed by atoms with van der Waals surface area (Å²) in [5, 5.41) is 3.53. The fraction of sp³-hybridized carbons (Fsp3) is 0.400. The van der Waals surface area contributed by atoms with Gasteiger partial charge in [-0.05, 0) is 37.1 Å². The first-order valence-electron chi connectivity index (χ1n) is 6.41. The van der Waals surface area contributed by atoms with E-state index in [1.165, 1.54) is 16.7 Å². The normalized spacial score (nSPS) is 12.7. The Hall–Kier alpha value is -1.61. The number of aromatic nitrogens is 2. The SMILES string of the molecule is CCNC(c1cccc(C)c1C)c1nccn1C. The lowest BCUT2D eigenvalue weighted by molar-refractivity contribution is 0.574. The summed E-state index contributed by atoms with van der Waals surface area (Å²) in [6.07, 6.45) is 3.84. The van der Waals surface area contributed by atoms with E-state index in [0.717, 1.165) is 12.4 Å². The van der Waals surface area contributed by atoms with Crippen molar-refractivity contribution in [3.8, 4) is 0 Å². The Bertz CT molecular complexity index is 528. The minimum absolute atomic E-state index is 0.162. The van der Waals surface area contributed by atoms with E-state index >= 15 is 0 Å². The van der Waals surface area contributed by atoms with Gasteiger partial charge in [0, 0.05) is 19.4 Å². The highest BCUT2D eigenvalue weighted by atomic mass is 15.1. The molecule has 0 bridgehead atoms. The maximum atomic E-state index is 4.48. The monoisotopic (exact) mass is 243 g/mol. The van der Waals surface area contributed by atoms with Crippen LogP contribution >= 0.6 is 0 Å². The molecule has 1 aromatic carbocycles. The molecular weight excluding hydrogens is 222 g/mol. The number of hydrogen-bond donors (Lipinski definition) is 1. The number of nitrogens with zero attached hydrogens (tertiary/aromatic N) is 2. The first-order chi connectivity index (χ1) is 8.65. The Kier molecular flexibility index (Phi) is 3.82. The first kappa shape index (κ1) is 12.8. The lowest BCUT2D eigenvalue weighted by Crippen LogP contribution is -2.25. The van der Waals surface area contributed by atoms with Gasteiger partial charge in [-0.1, -0.05) is 25.1 Å². The van der Waals surface area contributed by atoms with Gasteiger partial charge < -0.3 is 9.88 Å². The van der Waals surface area contributed by atoms with Gasteiger partial charge in [0.15, 0.2) is 0 Å². The van der Waals surface area contributed by atoms with Crippen molar-refractivity contribution in [3.05, 3.63) is 53.1 Å². The van der Waals surface area contributed by atoms with Gasteiger partial charge in [0.05, 0.1) is 6.04 Å². The van der Waals surface area contributed by atoms with Crippen molar-refractivity contribution < 1.29 is 0 Å². The van der Waals surface area contributed by atoms with Gasteiger partial charge in [0.1, 0.15) is 5.82 Å². The molecule has 3 heteroatoms. The van der Waals surface area contributed by atoms with Gasteiger partial charge >= 0.3 is 0 Å². The zero-order valence-electron chi connectivity index (χ0n) is 11.6. The molecule has 0 saturated heterocycles. The Morgan fingerprint density at radius 3 is 2.72 bits per heavy atom. The molecule has 0 amide bonds. The summed E-state index contributed by atoms with van der Waals surface area (Å²) in [5.41, 5.74) is 3.97. The second kappa shape index (κ2) is 5.36. The molecular formula is C15H21N3. The van der Waals surface area contributed by atoms with E-state index in [9.17, 15) is 0 Å². The molecule has 3 nitrogen and oxygen atoms in total. The van der Waals surface area contributed by atoms with E-state index in [1.807, 2.05) is 19.4 Å². The van der Waals surface area contributed by atoms with E-state index in [2.05, 4.69) is 53.8 Å². The molecule has 1 heterocycles. The molecule has 0 radical (unpaired) electrons. The number of imidazole rings is 1. The molecule has 0 fully saturated rings. The van der Waals surface area contributed by atoms with Crippen LogP contribution in [0.1, 0.15) is 35.5 Å². The van der Waals surface area contributed by atoms with Crippen molar-refractivity contribution in [2.24, 2.45) is 7.05 Å². The van der Waals surface area contributed by atoms with E-state index in [1.54, 1.807) is 0 Å². The first-order valence-corrected chi connectivity index (χ1v) is 6.41. The number of benzene rings is 1. The van der Waals surface area contributed by atoms with Crippen LogP contribution in [0.4, 0.5) is 0 Å². The third-order valence-electron chi connectivity index (χ3n) is 3.48. The molecule has 1 atom stereocenters. The van der Waals surface area contributed by atoms with Crippen LogP contribution in [0.5, 0.6) is 0 Å². The molecule has 2 rings (SSSR count). The molecule has 0 aliphatic carbocycles. The summed E-state index contributed by atoms with van der Waals surface area (Å²) < 4.78 is 2.08. The predicted molar refractivity (Wildman–Crippen MR) is 74.6 cm³/mol. The molecule has 0 spiro atoms. The topological polar surface area (TPSA) is 29.9 Å². The van der Waals surface area contributed by atoms with Gasteiger partial charge in [-0.15, -0.1) is 0 Å². The summed E-state index contributed by atoms with van der Waals surface area (Å²) >= 11 is 0. The van der Waals surface area contributed by atoms with Crippen LogP contribution in [0.2, 0.25) is 0 Å². The lowest BCUT2D eigenvalue weighted by atomic mass is 9.97. The average molecular weight is 243 g/mol. The molecule has 1 unspecified atom stereocenters. The highest BCUT2D eigenvalue weighted by molar-refractivity contribution is 5.38. The Balaban J connectivity index is 2.48.